The van der Waals surface area contributed by atoms with Crippen LogP contribution in [-0.2, 0) is 4.79 Å². The van der Waals surface area contributed by atoms with Crippen molar-refractivity contribution >= 4 is 40.6 Å². The van der Waals surface area contributed by atoms with Crippen LogP contribution in [0.1, 0.15) is 62.3 Å². The average molecular weight is 519 g/mol. The van der Waals surface area contributed by atoms with Crippen LogP contribution in [0.4, 0.5) is 17.5 Å². The Balaban J connectivity index is 1.45. The average Bonchev–Trinajstić information content (AvgIpc) is 3.61. The van der Waals surface area contributed by atoms with Crippen LogP contribution in [0, 0.1) is 22.7 Å². The first-order valence-corrected chi connectivity index (χ1v) is 12.6. The number of nitrogens with zero attached hydrogens (tertiary/aromatic N) is 7. The molecule has 5 rings (SSSR count). The summed E-state index contributed by atoms with van der Waals surface area (Å²) in [5, 5.41) is 30.6. The van der Waals surface area contributed by atoms with Gasteiger partial charge in [-0.25, -0.2) is 4.98 Å². The first-order valence-electron chi connectivity index (χ1n) is 12.2. The third kappa shape index (κ3) is 4.76. The number of nitriles is 2. The molecule has 1 aromatic carbocycles. The summed E-state index contributed by atoms with van der Waals surface area (Å²) in [6.07, 6.45) is 5.07. The van der Waals surface area contributed by atoms with Gasteiger partial charge in [0.15, 0.2) is 17.2 Å². The van der Waals surface area contributed by atoms with Gasteiger partial charge in [0.2, 0.25) is 11.9 Å². The second kappa shape index (κ2) is 9.51. The molecule has 1 saturated heterocycles. The van der Waals surface area contributed by atoms with Crippen molar-refractivity contribution in [3.63, 3.8) is 0 Å². The Morgan fingerprint density at radius 1 is 1.19 bits per heavy atom. The predicted octanol–water partition coefficient (Wildman–Crippen LogP) is 3.28. The molecule has 1 saturated carbocycles. The molecule has 1 aliphatic heterocycles. The smallest absolute Gasteiger partial charge is 0.247 e. The molecule has 3 heterocycles. The van der Waals surface area contributed by atoms with Gasteiger partial charge in [-0.15, -0.1) is 5.10 Å². The van der Waals surface area contributed by atoms with Crippen molar-refractivity contribution in [3.8, 4) is 12.1 Å². The van der Waals surface area contributed by atoms with E-state index in [4.69, 9.17) is 17.3 Å². The number of rotatable bonds is 7. The highest BCUT2D eigenvalue weighted by Gasteiger charge is 2.36. The zero-order valence-electron chi connectivity index (χ0n) is 20.6. The fourth-order valence-corrected chi connectivity index (χ4v) is 4.96. The number of imidazole rings is 1. The van der Waals surface area contributed by atoms with Crippen LogP contribution in [0.15, 0.2) is 18.3 Å². The van der Waals surface area contributed by atoms with Crippen molar-refractivity contribution in [1.82, 2.24) is 24.5 Å². The fourth-order valence-electron chi connectivity index (χ4n) is 4.65. The molecule has 0 bridgehead atoms. The molecular weight excluding hydrogens is 492 g/mol. The van der Waals surface area contributed by atoms with Gasteiger partial charge in [0.1, 0.15) is 6.07 Å². The number of aromatic nitrogens is 4. The normalized spacial score (nSPS) is 16.8. The molecule has 2 aliphatic rings. The number of likely N-dealkylation sites (tertiary alicyclic amines) is 1. The summed E-state index contributed by atoms with van der Waals surface area (Å²) >= 11 is 6.89. The van der Waals surface area contributed by atoms with Crippen molar-refractivity contribution in [2.45, 2.75) is 57.0 Å². The Bertz CT molecular complexity index is 1450. The highest BCUT2D eigenvalue weighted by atomic mass is 35.5. The summed E-state index contributed by atoms with van der Waals surface area (Å²) in [5.41, 5.74) is 7.45. The molecule has 4 N–H and O–H groups in total. The molecule has 0 radical (unpaired) electrons. The largest absolute Gasteiger partial charge is 0.368 e. The SMILES string of the molecule is CC(C)(C(N)=O)N1CCC(c2cc(C#N)cc(Nc3nc(NC4CC4)c4ncc(C#N)n4n3)c2Cl)CC1. The summed E-state index contributed by atoms with van der Waals surface area (Å²) in [4.78, 5) is 22.9. The number of nitrogens with two attached hydrogens (primary N) is 1. The van der Waals surface area contributed by atoms with E-state index in [2.05, 4.69) is 42.7 Å². The summed E-state index contributed by atoms with van der Waals surface area (Å²) in [5.74, 6) is 0.507. The van der Waals surface area contributed by atoms with Gasteiger partial charge in [0, 0.05) is 6.04 Å². The Morgan fingerprint density at radius 3 is 2.54 bits per heavy atom. The fraction of sp³-hybridized carbons (Fsp3) is 0.440. The van der Waals surface area contributed by atoms with E-state index in [1.807, 2.05) is 19.9 Å². The maximum atomic E-state index is 11.9. The number of primary amides is 1. The van der Waals surface area contributed by atoms with Crippen LogP contribution in [-0.4, -0.2) is 55.1 Å². The minimum Gasteiger partial charge on any atom is -0.368 e. The number of piperidine rings is 1. The number of anilines is 3. The number of nitrogens with one attached hydrogen (secondary N) is 2. The highest BCUT2D eigenvalue weighted by Crippen LogP contribution is 2.39. The lowest BCUT2D eigenvalue weighted by Crippen LogP contribution is -2.55. The van der Waals surface area contributed by atoms with Crippen LogP contribution in [0.2, 0.25) is 5.02 Å². The Morgan fingerprint density at radius 2 is 1.92 bits per heavy atom. The topological polar surface area (TPSA) is 161 Å². The lowest BCUT2D eigenvalue weighted by Gasteiger charge is -2.41. The summed E-state index contributed by atoms with van der Waals surface area (Å²) < 4.78 is 1.44. The van der Waals surface area contributed by atoms with E-state index < -0.39 is 5.54 Å². The number of fused-ring (bicyclic) bond motifs is 1. The molecule has 0 atom stereocenters. The molecule has 0 spiro atoms. The molecule has 1 aliphatic carbocycles. The monoisotopic (exact) mass is 518 g/mol. The van der Waals surface area contributed by atoms with Gasteiger partial charge in [-0.2, -0.15) is 20.0 Å². The molecule has 2 fully saturated rings. The molecule has 190 valence electrons. The zero-order chi connectivity index (χ0) is 26.3. The Hall–Kier alpha value is -3.93. The number of carbonyl (C=O) groups is 1. The third-order valence-electron chi connectivity index (χ3n) is 7.20. The summed E-state index contributed by atoms with van der Waals surface area (Å²) in [6.45, 7) is 5.04. The van der Waals surface area contributed by atoms with E-state index in [-0.39, 0.29) is 23.5 Å². The van der Waals surface area contributed by atoms with Gasteiger partial charge in [0.05, 0.1) is 34.1 Å². The van der Waals surface area contributed by atoms with E-state index >= 15 is 0 Å². The number of amides is 1. The van der Waals surface area contributed by atoms with Gasteiger partial charge in [-0.05, 0) is 76.2 Å². The Labute approximate surface area is 219 Å². The lowest BCUT2D eigenvalue weighted by atomic mass is 9.86. The number of halogens is 1. The van der Waals surface area contributed by atoms with Crippen molar-refractivity contribution in [2.75, 3.05) is 23.7 Å². The summed E-state index contributed by atoms with van der Waals surface area (Å²) in [6, 6.07) is 8.11. The second-order valence-corrected chi connectivity index (χ2v) is 10.4. The predicted molar refractivity (Wildman–Crippen MR) is 138 cm³/mol. The standard InChI is InChI=1S/C25H27ClN10O/c1-25(2,23(29)37)35-7-5-15(6-8-35)18-9-14(11-27)10-19(20(18)26)32-24-33-21(31-16-3-4-16)22-30-13-17(12-28)36(22)34-24/h9-10,13,15-16H,3-8H2,1-2H3,(H2,29,37)(H2,31,32,33,34). The van der Waals surface area contributed by atoms with Gasteiger partial charge in [0.25, 0.3) is 0 Å². The summed E-state index contributed by atoms with van der Waals surface area (Å²) in [7, 11) is 0. The van der Waals surface area contributed by atoms with Crippen LogP contribution < -0.4 is 16.4 Å². The first-order chi connectivity index (χ1) is 17.7. The molecular formula is C25H27ClN10O. The molecule has 3 aromatic rings. The van der Waals surface area contributed by atoms with Crippen molar-refractivity contribution in [2.24, 2.45) is 5.73 Å². The molecule has 2 aromatic heterocycles. The lowest BCUT2D eigenvalue weighted by molar-refractivity contribution is -0.129. The van der Waals surface area contributed by atoms with Gasteiger partial charge >= 0.3 is 0 Å². The van der Waals surface area contributed by atoms with E-state index in [0.29, 0.717) is 46.9 Å². The first kappa shape index (κ1) is 24.8. The van der Waals surface area contributed by atoms with Crippen LogP contribution >= 0.6 is 11.6 Å². The minimum absolute atomic E-state index is 0.107. The van der Waals surface area contributed by atoms with Crippen molar-refractivity contribution < 1.29 is 4.79 Å². The quantitative estimate of drug-likeness (QED) is 0.426. The van der Waals surface area contributed by atoms with Gasteiger partial charge in [-0.3, -0.25) is 9.69 Å². The number of benzene rings is 1. The Kier molecular flexibility index (Phi) is 6.36. The van der Waals surface area contributed by atoms with E-state index in [1.165, 1.54) is 10.7 Å². The van der Waals surface area contributed by atoms with E-state index in [1.54, 1.807) is 6.07 Å². The minimum atomic E-state index is -0.728. The van der Waals surface area contributed by atoms with Crippen molar-refractivity contribution in [3.05, 3.63) is 40.2 Å². The second-order valence-electron chi connectivity index (χ2n) is 10.0. The molecule has 37 heavy (non-hydrogen) atoms. The van der Waals surface area contributed by atoms with Crippen molar-refractivity contribution in [1.29, 1.82) is 10.5 Å². The maximum Gasteiger partial charge on any atom is 0.247 e. The molecule has 11 nitrogen and oxygen atoms in total. The highest BCUT2D eigenvalue weighted by molar-refractivity contribution is 6.34. The van der Waals surface area contributed by atoms with Crippen LogP contribution in [0.3, 0.4) is 0 Å². The number of hydrogen-bond acceptors (Lipinski definition) is 9. The third-order valence-corrected chi connectivity index (χ3v) is 7.62. The zero-order valence-corrected chi connectivity index (χ0v) is 21.4. The number of hydrogen-bond donors (Lipinski definition) is 3. The van der Waals surface area contributed by atoms with E-state index in [0.717, 1.165) is 31.2 Å². The van der Waals surface area contributed by atoms with Gasteiger partial charge < -0.3 is 16.4 Å². The number of carbonyl (C=O) groups excluding carboxylic acids is 1. The molecule has 12 heteroatoms. The van der Waals surface area contributed by atoms with Crippen LogP contribution in [0.25, 0.3) is 5.65 Å². The maximum absolute atomic E-state index is 11.9. The van der Waals surface area contributed by atoms with Crippen LogP contribution in [0.5, 0.6) is 0 Å². The van der Waals surface area contributed by atoms with E-state index in [9.17, 15) is 15.3 Å². The molecule has 1 amide bonds. The van der Waals surface area contributed by atoms with Gasteiger partial charge in [-0.1, -0.05) is 11.6 Å². The molecule has 0 unspecified atom stereocenters.